The molecule has 0 unspecified atom stereocenters. The fraction of sp³-hybridized carbons (Fsp3) is 0.522. The van der Waals surface area contributed by atoms with E-state index in [0.717, 1.165) is 51.2 Å². The Morgan fingerprint density at radius 3 is 2.84 bits per heavy atom. The summed E-state index contributed by atoms with van der Waals surface area (Å²) in [5.74, 6) is 1.77. The van der Waals surface area contributed by atoms with Crippen LogP contribution in [-0.4, -0.2) is 47.2 Å². The Morgan fingerprint density at radius 1 is 1.26 bits per heavy atom. The van der Waals surface area contributed by atoms with Crippen molar-refractivity contribution in [1.29, 1.82) is 0 Å². The van der Waals surface area contributed by atoms with Crippen LogP contribution in [0.3, 0.4) is 0 Å². The van der Waals surface area contributed by atoms with Crippen molar-refractivity contribution >= 4 is 40.0 Å². The van der Waals surface area contributed by atoms with Crippen molar-refractivity contribution in [1.82, 2.24) is 20.4 Å². The van der Waals surface area contributed by atoms with Gasteiger partial charge in [0.1, 0.15) is 10.6 Å². The molecule has 4 rings (SSSR count). The number of nitrogens with one attached hydrogen (secondary N) is 1. The van der Waals surface area contributed by atoms with Gasteiger partial charge in [-0.25, -0.2) is 0 Å². The minimum absolute atomic E-state index is 0.132. The Balaban J connectivity index is 1.32. The van der Waals surface area contributed by atoms with E-state index in [9.17, 15) is 4.79 Å². The number of carbonyl (C=O) groups excluding carboxylic acids is 1. The molecule has 1 fully saturated rings. The van der Waals surface area contributed by atoms with Gasteiger partial charge in [0.2, 0.25) is 0 Å². The Labute approximate surface area is 191 Å². The second kappa shape index (κ2) is 10.6. The van der Waals surface area contributed by atoms with Crippen LogP contribution in [0.15, 0.2) is 33.0 Å². The Hall–Kier alpha value is -1.90. The van der Waals surface area contributed by atoms with Crippen LogP contribution in [0, 0.1) is 12.8 Å². The van der Waals surface area contributed by atoms with Gasteiger partial charge in [-0.15, -0.1) is 10.2 Å². The number of rotatable bonds is 9. The number of fused-ring (bicyclic) bond motifs is 1. The Bertz CT molecular complexity index is 1010. The van der Waals surface area contributed by atoms with Crippen LogP contribution in [0.2, 0.25) is 0 Å². The number of carbonyl (C=O) groups is 1. The highest BCUT2D eigenvalue weighted by Crippen LogP contribution is 2.33. The third-order valence-electron chi connectivity index (χ3n) is 5.81. The molecule has 1 aliphatic rings. The molecule has 1 amide bonds. The van der Waals surface area contributed by atoms with Crippen LogP contribution in [0.25, 0.3) is 11.0 Å². The van der Waals surface area contributed by atoms with Crippen LogP contribution >= 0.6 is 23.1 Å². The van der Waals surface area contributed by atoms with E-state index in [1.54, 1.807) is 23.1 Å². The number of para-hydroxylation sites is 1. The molecule has 1 aromatic carbocycles. The number of aromatic nitrogens is 2. The zero-order valence-corrected chi connectivity index (χ0v) is 19.9. The third-order valence-corrected chi connectivity index (χ3v) is 7.81. The topological polar surface area (TPSA) is 71.3 Å². The van der Waals surface area contributed by atoms with E-state index in [0.29, 0.717) is 18.1 Å². The molecule has 1 aliphatic heterocycles. The lowest BCUT2D eigenvalue weighted by Gasteiger charge is -2.30. The summed E-state index contributed by atoms with van der Waals surface area (Å²) < 4.78 is 6.85. The molecule has 1 N–H and O–H groups in total. The van der Waals surface area contributed by atoms with Gasteiger partial charge in [0.05, 0.1) is 0 Å². The number of unbranched alkanes of at least 4 members (excludes halogenated alkanes) is 1. The second-order valence-electron chi connectivity index (χ2n) is 8.27. The first-order valence-corrected chi connectivity index (χ1v) is 12.8. The molecule has 0 aliphatic carbocycles. The van der Waals surface area contributed by atoms with Crippen molar-refractivity contribution in [3.63, 3.8) is 0 Å². The molecule has 1 saturated heterocycles. The molecular weight excluding hydrogens is 428 g/mol. The molecule has 166 valence electrons. The zero-order chi connectivity index (χ0) is 21.6. The summed E-state index contributed by atoms with van der Waals surface area (Å²) in [4.78, 5) is 15.4. The van der Waals surface area contributed by atoms with Gasteiger partial charge >= 0.3 is 0 Å². The van der Waals surface area contributed by atoms with Crippen LogP contribution in [0.5, 0.6) is 0 Å². The molecule has 0 radical (unpaired) electrons. The van der Waals surface area contributed by atoms with Crippen LogP contribution in [0.1, 0.15) is 53.7 Å². The van der Waals surface area contributed by atoms with E-state index in [2.05, 4.69) is 27.3 Å². The van der Waals surface area contributed by atoms with Gasteiger partial charge in [0, 0.05) is 23.2 Å². The fourth-order valence-corrected chi connectivity index (χ4v) is 5.77. The number of likely N-dealkylation sites (tertiary alicyclic amines) is 1. The van der Waals surface area contributed by atoms with Crippen molar-refractivity contribution in [2.75, 3.05) is 26.2 Å². The fourth-order valence-electron chi connectivity index (χ4n) is 3.92. The number of benzene rings is 1. The van der Waals surface area contributed by atoms with E-state index in [-0.39, 0.29) is 5.91 Å². The van der Waals surface area contributed by atoms with Crippen LogP contribution < -0.4 is 5.32 Å². The van der Waals surface area contributed by atoms with Crippen LogP contribution in [0.4, 0.5) is 0 Å². The minimum atomic E-state index is -0.132. The summed E-state index contributed by atoms with van der Waals surface area (Å²) in [7, 11) is 0. The number of aryl methyl sites for hydroxylation is 1. The molecule has 0 spiro atoms. The van der Waals surface area contributed by atoms with Gasteiger partial charge in [-0.1, -0.05) is 48.2 Å². The van der Waals surface area contributed by atoms with E-state index < -0.39 is 0 Å². The monoisotopic (exact) mass is 458 g/mol. The predicted molar refractivity (Wildman–Crippen MR) is 127 cm³/mol. The first-order valence-electron chi connectivity index (χ1n) is 11.0. The van der Waals surface area contributed by atoms with Crippen molar-refractivity contribution in [3.05, 3.63) is 40.6 Å². The molecule has 8 heteroatoms. The summed E-state index contributed by atoms with van der Waals surface area (Å²) in [6.07, 6.45) is 4.69. The highest BCUT2D eigenvalue weighted by atomic mass is 32.2. The molecule has 3 aromatic rings. The van der Waals surface area contributed by atoms with Gasteiger partial charge in [-0.3, -0.25) is 4.79 Å². The summed E-state index contributed by atoms with van der Waals surface area (Å²) in [6.45, 7) is 8.49. The normalized spacial score (nSPS) is 15.5. The van der Waals surface area contributed by atoms with Crippen LogP contribution in [-0.2, 0) is 5.75 Å². The maximum Gasteiger partial charge on any atom is 0.287 e. The van der Waals surface area contributed by atoms with Gasteiger partial charge < -0.3 is 14.6 Å². The van der Waals surface area contributed by atoms with Crippen molar-refractivity contribution in [2.24, 2.45) is 5.92 Å². The lowest BCUT2D eigenvalue weighted by atomic mass is 9.99. The first-order chi connectivity index (χ1) is 15.1. The third kappa shape index (κ3) is 5.87. The molecule has 2 aromatic heterocycles. The average Bonchev–Trinajstić information content (AvgIpc) is 3.36. The Kier molecular flexibility index (Phi) is 7.63. The number of thioether (sulfide) groups is 1. The SMILES string of the molecule is Cc1nnc(SCc2c(C(=O)NCCCCN3CCC(C)CC3)oc3ccccc23)s1. The molecule has 0 saturated carbocycles. The maximum atomic E-state index is 12.9. The molecule has 31 heavy (non-hydrogen) atoms. The number of piperidine rings is 1. The molecule has 0 atom stereocenters. The predicted octanol–water partition coefficient (Wildman–Crippen LogP) is 5.13. The van der Waals surface area contributed by atoms with Crippen molar-refractivity contribution in [2.45, 2.75) is 49.6 Å². The highest BCUT2D eigenvalue weighted by Gasteiger charge is 2.21. The molecular formula is C23H30N4O2S2. The molecule has 6 nitrogen and oxygen atoms in total. The van der Waals surface area contributed by atoms with Gasteiger partial charge in [-0.2, -0.15) is 0 Å². The Morgan fingerprint density at radius 2 is 2.06 bits per heavy atom. The second-order valence-corrected chi connectivity index (χ2v) is 10.7. The van der Waals surface area contributed by atoms with E-state index >= 15 is 0 Å². The van der Waals surface area contributed by atoms with Gasteiger partial charge in [0.25, 0.3) is 5.91 Å². The minimum Gasteiger partial charge on any atom is -0.451 e. The number of amides is 1. The largest absolute Gasteiger partial charge is 0.451 e. The zero-order valence-electron chi connectivity index (χ0n) is 18.2. The summed E-state index contributed by atoms with van der Waals surface area (Å²) in [6, 6.07) is 7.83. The lowest BCUT2D eigenvalue weighted by molar-refractivity contribution is 0.0925. The maximum absolute atomic E-state index is 12.9. The quantitative estimate of drug-likeness (QED) is 0.354. The molecule has 0 bridgehead atoms. The van der Waals surface area contributed by atoms with E-state index in [1.165, 1.54) is 25.9 Å². The van der Waals surface area contributed by atoms with E-state index in [1.807, 2.05) is 31.2 Å². The van der Waals surface area contributed by atoms with Crippen molar-refractivity contribution in [3.8, 4) is 0 Å². The van der Waals surface area contributed by atoms with Crippen molar-refractivity contribution < 1.29 is 9.21 Å². The standard InChI is InChI=1S/C23H30N4O2S2/c1-16-9-13-27(14-10-16)12-6-5-11-24-22(28)21-19(15-30-23-26-25-17(2)31-23)18-7-3-4-8-20(18)29-21/h3-4,7-8,16H,5-6,9-15H2,1-2H3,(H,24,28). The smallest absolute Gasteiger partial charge is 0.287 e. The van der Waals surface area contributed by atoms with Gasteiger partial charge in [-0.05, 0) is 64.2 Å². The summed E-state index contributed by atoms with van der Waals surface area (Å²) in [5.41, 5.74) is 1.67. The van der Waals surface area contributed by atoms with E-state index in [4.69, 9.17) is 4.42 Å². The first kappa shape index (κ1) is 22.3. The number of hydrogen-bond acceptors (Lipinski definition) is 7. The lowest BCUT2D eigenvalue weighted by Crippen LogP contribution is -2.34. The number of furan rings is 1. The number of nitrogens with zero attached hydrogens (tertiary/aromatic N) is 3. The highest BCUT2D eigenvalue weighted by molar-refractivity contribution is 8.00. The van der Waals surface area contributed by atoms with Gasteiger partial charge in [0.15, 0.2) is 10.1 Å². The summed E-state index contributed by atoms with van der Waals surface area (Å²) >= 11 is 3.16. The number of hydrogen-bond donors (Lipinski definition) is 1. The molecule has 3 heterocycles. The summed E-state index contributed by atoms with van der Waals surface area (Å²) in [5, 5.41) is 13.2. The average molecular weight is 459 g/mol.